The van der Waals surface area contributed by atoms with Crippen LogP contribution in [0.15, 0.2) is 0 Å². The van der Waals surface area contributed by atoms with E-state index in [0.29, 0.717) is 13.2 Å². The van der Waals surface area contributed by atoms with Gasteiger partial charge in [-0.25, -0.2) is 4.79 Å². The number of nitrogens with one attached hydrogen (secondary N) is 1. The Morgan fingerprint density at radius 2 is 1.41 bits per heavy atom. The number of aliphatic hydroxyl groups excluding tert-OH is 1. The standard InChI is InChI=1S/C24H47NO4/c1-2-3-4-5-6-7-8-9-10-11-12-13-14-15-16-19-25-24(27)29-22-18-17-20-28-23(22)21-26/h22-23,26H,2-21H2,1H3,(H,25,27)/t22-,23+/m0/s1. The molecule has 0 aromatic heterocycles. The third-order valence-electron chi connectivity index (χ3n) is 5.87. The summed E-state index contributed by atoms with van der Waals surface area (Å²) in [6.07, 6.45) is 20.6. The molecule has 0 aromatic rings. The van der Waals surface area contributed by atoms with Crippen molar-refractivity contribution in [1.82, 2.24) is 5.32 Å². The number of ether oxygens (including phenoxy) is 2. The Bertz CT molecular complexity index is 378. The fraction of sp³-hybridized carbons (Fsp3) is 0.958. The van der Waals surface area contributed by atoms with Gasteiger partial charge in [-0.1, -0.05) is 96.8 Å². The largest absolute Gasteiger partial charge is 0.443 e. The quantitative estimate of drug-likeness (QED) is 0.265. The van der Waals surface area contributed by atoms with E-state index in [0.717, 1.165) is 25.7 Å². The highest BCUT2D eigenvalue weighted by atomic mass is 16.6. The predicted molar refractivity (Wildman–Crippen MR) is 119 cm³/mol. The van der Waals surface area contributed by atoms with Gasteiger partial charge in [-0.3, -0.25) is 0 Å². The molecule has 5 heteroatoms. The summed E-state index contributed by atoms with van der Waals surface area (Å²) in [6.45, 7) is 3.47. The molecule has 1 saturated heterocycles. The van der Waals surface area contributed by atoms with Crippen molar-refractivity contribution in [3.05, 3.63) is 0 Å². The Hall–Kier alpha value is -0.810. The molecular weight excluding hydrogens is 366 g/mol. The van der Waals surface area contributed by atoms with Crippen LogP contribution in [0.5, 0.6) is 0 Å². The molecule has 1 heterocycles. The first kappa shape index (κ1) is 26.2. The highest BCUT2D eigenvalue weighted by molar-refractivity contribution is 5.67. The second kappa shape index (κ2) is 19.2. The number of unbranched alkanes of at least 4 members (excludes halogenated alkanes) is 14. The molecule has 1 aliphatic rings. The van der Waals surface area contributed by atoms with Crippen LogP contribution in [0.2, 0.25) is 0 Å². The summed E-state index contributed by atoms with van der Waals surface area (Å²) < 4.78 is 10.8. The lowest BCUT2D eigenvalue weighted by atomic mass is 10.0. The Labute approximate surface area is 179 Å². The Morgan fingerprint density at radius 1 is 0.897 bits per heavy atom. The second-order valence-electron chi connectivity index (χ2n) is 8.55. The maximum Gasteiger partial charge on any atom is 0.407 e. The molecule has 1 amide bonds. The molecule has 0 bridgehead atoms. The van der Waals surface area contributed by atoms with E-state index in [9.17, 15) is 9.90 Å². The summed E-state index contributed by atoms with van der Waals surface area (Å²) in [7, 11) is 0. The van der Waals surface area contributed by atoms with E-state index >= 15 is 0 Å². The van der Waals surface area contributed by atoms with Crippen LogP contribution in [-0.2, 0) is 9.47 Å². The molecule has 29 heavy (non-hydrogen) atoms. The first-order valence-corrected chi connectivity index (χ1v) is 12.4. The smallest absolute Gasteiger partial charge is 0.407 e. The number of carbonyl (C=O) groups is 1. The van der Waals surface area contributed by atoms with Gasteiger partial charge in [-0.15, -0.1) is 0 Å². The summed E-state index contributed by atoms with van der Waals surface area (Å²) in [5.41, 5.74) is 0. The van der Waals surface area contributed by atoms with E-state index in [-0.39, 0.29) is 24.9 Å². The number of hydrogen-bond acceptors (Lipinski definition) is 4. The zero-order valence-electron chi connectivity index (χ0n) is 19.0. The fourth-order valence-corrected chi connectivity index (χ4v) is 3.98. The molecule has 0 radical (unpaired) electrons. The summed E-state index contributed by atoms with van der Waals surface area (Å²) in [5.74, 6) is 0. The van der Waals surface area contributed by atoms with E-state index in [4.69, 9.17) is 9.47 Å². The van der Waals surface area contributed by atoms with Crippen LogP contribution in [0.1, 0.15) is 116 Å². The molecule has 172 valence electrons. The molecule has 0 aromatic carbocycles. The van der Waals surface area contributed by atoms with Crippen molar-refractivity contribution in [3.8, 4) is 0 Å². The van der Waals surface area contributed by atoms with Gasteiger partial charge in [0, 0.05) is 13.2 Å². The van der Waals surface area contributed by atoms with Gasteiger partial charge >= 0.3 is 6.09 Å². The van der Waals surface area contributed by atoms with Gasteiger partial charge in [0.15, 0.2) is 0 Å². The molecule has 0 spiro atoms. The minimum absolute atomic E-state index is 0.100. The van der Waals surface area contributed by atoms with Crippen LogP contribution >= 0.6 is 0 Å². The van der Waals surface area contributed by atoms with Crippen molar-refractivity contribution in [2.45, 2.75) is 128 Å². The van der Waals surface area contributed by atoms with E-state index in [1.54, 1.807) is 0 Å². The average molecular weight is 414 g/mol. The van der Waals surface area contributed by atoms with Crippen LogP contribution < -0.4 is 5.32 Å². The van der Waals surface area contributed by atoms with E-state index in [1.807, 2.05) is 0 Å². The van der Waals surface area contributed by atoms with Crippen LogP contribution in [0.3, 0.4) is 0 Å². The van der Waals surface area contributed by atoms with Crippen molar-refractivity contribution in [3.63, 3.8) is 0 Å². The highest BCUT2D eigenvalue weighted by Gasteiger charge is 2.28. The molecule has 2 atom stereocenters. The van der Waals surface area contributed by atoms with Gasteiger partial charge in [0.2, 0.25) is 0 Å². The molecular formula is C24H47NO4. The molecule has 5 nitrogen and oxygen atoms in total. The molecule has 0 saturated carbocycles. The fourth-order valence-electron chi connectivity index (χ4n) is 3.98. The van der Waals surface area contributed by atoms with Crippen molar-refractivity contribution in [2.75, 3.05) is 19.8 Å². The van der Waals surface area contributed by atoms with E-state index in [2.05, 4.69) is 12.2 Å². The topological polar surface area (TPSA) is 67.8 Å². The summed E-state index contributed by atoms with van der Waals surface area (Å²) in [5, 5.41) is 12.1. The Kier molecular flexibility index (Phi) is 17.3. The van der Waals surface area contributed by atoms with Crippen molar-refractivity contribution >= 4 is 6.09 Å². The van der Waals surface area contributed by atoms with Crippen molar-refractivity contribution in [2.24, 2.45) is 0 Å². The van der Waals surface area contributed by atoms with Crippen molar-refractivity contribution in [1.29, 1.82) is 0 Å². The van der Waals surface area contributed by atoms with Gasteiger partial charge in [-0.05, 0) is 19.3 Å². The van der Waals surface area contributed by atoms with Gasteiger partial charge in [0.25, 0.3) is 0 Å². The Morgan fingerprint density at radius 3 is 1.93 bits per heavy atom. The van der Waals surface area contributed by atoms with Gasteiger partial charge in [-0.2, -0.15) is 0 Å². The second-order valence-corrected chi connectivity index (χ2v) is 8.55. The molecule has 0 unspecified atom stereocenters. The number of rotatable bonds is 18. The monoisotopic (exact) mass is 413 g/mol. The summed E-state index contributed by atoms with van der Waals surface area (Å²) >= 11 is 0. The molecule has 1 fully saturated rings. The molecule has 0 aliphatic carbocycles. The summed E-state index contributed by atoms with van der Waals surface area (Å²) in [6, 6.07) is 0. The first-order chi connectivity index (χ1) is 14.3. The minimum atomic E-state index is -0.385. The lowest BCUT2D eigenvalue weighted by Gasteiger charge is -2.29. The van der Waals surface area contributed by atoms with Crippen LogP contribution in [0.25, 0.3) is 0 Å². The molecule has 2 N–H and O–H groups in total. The number of hydrogen-bond donors (Lipinski definition) is 2. The zero-order chi connectivity index (χ0) is 21.0. The molecule has 1 rings (SSSR count). The first-order valence-electron chi connectivity index (χ1n) is 12.4. The van der Waals surface area contributed by atoms with Crippen LogP contribution in [0, 0.1) is 0 Å². The number of aliphatic hydroxyl groups is 1. The highest BCUT2D eigenvalue weighted by Crippen LogP contribution is 2.17. The maximum atomic E-state index is 11.9. The van der Waals surface area contributed by atoms with Crippen LogP contribution in [0.4, 0.5) is 4.79 Å². The van der Waals surface area contributed by atoms with E-state index < -0.39 is 0 Å². The minimum Gasteiger partial charge on any atom is -0.443 e. The van der Waals surface area contributed by atoms with E-state index in [1.165, 1.54) is 83.5 Å². The maximum absolute atomic E-state index is 11.9. The SMILES string of the molecule is CCCCCCCCCCCCCCCCCNC(=O)O[C@H]1CCCO[C@@H]1CO. The third kappa shape index (κ3) is 14.8. The lowest BCUT2D eigenvalue weighted by molar-refractivity contribution is -0.0973. The predicted octanol–water partition coefficient (Wildman–Crippen LogP) is 6.12. The van der Waals surface area contributed by atoms with Gasteiger partial charge in [0.1, 0.15) is 12.2 Å². The number of alkyl carbamates (subject to hydrolysis) is 1. The molecule has 1 aliphatic heterocycles. The van der Waals surface area contributed by atoms with Gasteiger partial charge < -0.3 is 19.9 Å². The Balaban J connectivity index is 1.80. The summed E-state index contributed by atoms with van der Waals surface area (Å²) in [4.78, 5) is 11.9. The van der Waals surface area contributed by atoms with Gasteiger partial charge in [0.05, 0.1) is 6.61 Å². The zero-order valence-corrected chi connectivity index (χ0v) is 19.0. The normalized spacial score (nSPS) is 19.2. The average Bonchev–Trinajstić information content (AvgIpc) is 2.74. The van der Waals surface area contributed by atoms with Crippen LogP contribution in [-0.4, -0.2) is 43.2 Å². The number of carbonyl (C=O) groups excluding carboxylic acids is 1. The third-order valence-corrected chi connectivity index (χ3v) is 5.87. The van der Waals surface area contributed by atoms with Crippen molar-refractivity contribution < 1.29 is 19.4 Å². The lowest BCUT2D eigenvalue weighted by Crippen LogP contribution is -2.42. The number of amides is 1.